The van der Waals surface area contributed by atoms with Gasteiger partial charge in [-0.1, -0.05) is 19.1 Å². The Labute approximate surface area is 179 Å². The number of ketones is 1. The summed E-state index contributed by atoms with van der Waals surface area (Å²) in [6.45, 7) is 7.62. The van der Waals surface area contributed by atoms with Crippen molar-refractivity contribution in [2.24, 2.45) is 0 Å². The van der Waals surface area contributed by atoms with E-state index in [9.17, 15) is 9.18 Å². The molecule has 0 saturated carbocycles. The van der Waals surface area contributed by atoms with Gasteiger partial charge in [-0.05, 0) is 61.2 Å². The molecule has 0 N–H and O–H groups in total. The first-order chi connectivity index (χ1) is 14.5. The standard InChI is InChI=1S/C25H32FNO3/c1-18(15-20(3)28)21-5-7-22(8-6-21)30-24-11-13-27(17-24)25-10-9-23(16-19(25)2)29-14-4-12-26/h5-10,16,18,24H,4,11-15,17H2,1-3H3/t18-,24?/m1/s1. The third kappa shape index (κ3) is 5.97. The highest BCUT2D eigenvalue weighted by Crippen LogP contribution is 2.30. The molecule has 1 fully saturated rings. The predicted octanol–water partition coefficient (Wildman–Crippen LogP) is 5.47. The summed E-state index contributed by atoms with van der Waals surface area (Å²) in [5, 5.41) is 0. The molecule has 5 heteroatoms. The van der Waals surface area contributed by atoms with Gasteiger partial charge in [0.1, 0.15) is 23.4 Å². The summed E-state index contributed by atoms with van der Waals surface area (Å²) in [6.07, 6.45) is 2.10. The van der Waals surface area contributed by atoms with E-state index in [1.807, 2.05) is 24.3 Å². The number of nitrogens with zero attached hydrogens (tertiary/aromatic N) is 1. The minimum Gasteiger partial charge on any atom is -0.493 e. The molecule has 3 rings (SSSR count). The van der Waals surface area contributed by atoms with Crippen molar-refractivity contribution >= 4 is 11.5 Å². The van der Waals surface area contributed by atoms with Gasteiger partial charge in [-0.2, -0.15) is 0 Å². The second-order valence-corrected chi connectivity index (χ2v) is 8.19. The zero-order valence-corrected chi connectivity index (χ0v) is 18.2. The van der Waals surface area contributed by atoms with Gasteiger partial charge in [-0.25, -0.2) is 0 Å². The zero-order valence-electron chi connectivity index (χ0n) is 18.2. The Morgan fingerprint density at radius 3 is 2.60 bits per heavy atom. The van der Waals surface area contributed by atoms with Crippen molar-refractivity contribution in [3.05, 3.63) is 53.6 Å². The maximum absolute atomic E-state index is 12.2. The minimum atomic E-state index is -0.355. The topological polar surface area (TPSA) is 38.8 Å². The zero-order chi connectivity index (χ0) is 21.5. The van der Waals surface area contributed by atoms with Gasteiger partial charge in [0.05, 0.1) is 19.8 Å². The highest BCUT2D eigenvalue weighted by atomic mass is 19.1. The second-order valence-electron chi connectivity index (χ2n) is 8.19. The lowest BCUT2D eigenvalue weighted by molar-refractivity contribution is -0.117. The van der Waals surface area contributed by atoms with Crippen LogP contribution in [0.25, 0.3) is 0 Å². The van der Waals surface area contributed by atoms with Crippen molar-refractivity contribution in [1.82, 2.24) is 0 Å². The van der Waals surface area contributed by atoms with E-state index in [2.05, 4.69) is 36.9 Å². The molecule has 2 atom stereocenters. The molecule has 162 valence electrons. The van der Waals surface area contributed by atoms with E-state index in [4.69, 9.17) is 9.47 Å². The normalized spacial score (nSPS) is 17.1. The molecule has 4 nitrogen and oxygen atoms in total. The van der Waals surface area contributed by atoms with Crippen molar-refractivity contribution in [1.29, 1.82) is 0 Å². The number of hydrogen-bond acceptors (Lipinski definition) is 4. The van der Waals surface area contributed by atoms with Gasteiger partial charge in [0.2, 0.25) is 0 Å². The third-order valence-corrected chi connectivity index (χ3v) is 5.55. The van der Waals surface area contributed by atoms with E-state index in [0.717, 1.165) is 42.1 Å². The molecule has 0 spiro atoms. The lowest BCUT2D eigenvalue weighted by Crippen LogP contribution is -2.25. The van der Waals surface area contributed by atoms with Gasteiger partial charge in [0.15, 0.2) is 0 Å². The first kappa shape index (κ1) is 22.1. The Morgan fingerprint density at radius 1 is 1.20 bits per heavy atom. The number of carbonyl (C=O) groups excluding carboxylic acids is 1. The van der Waals surface area contributed by atoms with Crippen LogP contribution in [0, 0.1) is 6.92 Å². The molecule has 0 aliphatic carbocycles. The molecule has 2 aromatic rings. The first-order valence-electron chi connectivity index (χ1n) is 10.8. The Bertz CT molecular complexity index is 837. The lowest BCUT2D eigenvalue weighted by atomic mass is 9.96. The van der Waals surface area contributed by atoms with E-state index in [1.54, 1.807) is 6.92 Å². The molecule has 1 unspecified atom stereocenters. The molecule has 0 aromatic heterocycles. The Morgan fingerprint density at radius 2 is 1.93 bits per heavy atom. The molecule has 1 heterocycles. The minimum absolute atomic E-state index is 0.144. The number of Topliss-reactive ketones (excluding diaryl/α,β-unsaturated/α-hetero) is 1. The van der Waals surface area contributed by atoms with Crippen molar-refractivity contribution in [2.45, 2.75) is 52.1 Å². The van der Waals surface area contributed by atoms with Crippen LogP contribution in [-0.4, -0.2) is 38.3 Å². The van der Waals surface area contributed by atoms with Gasteiger partial charge in [0.25, 0.3) is 0 Å². The van der Waals surface area contributed by atoms with Gasteiger partial charge < -0.3 is 19.2 Å². The molecular formula is C25H32FNO3. The van der Waals surface area contributed by atoms with Crippen molar-refractivity contribution < 1.29 is 18.7 Å². The van der Waals surface area contributed by atoms with E-state index >= 15 is 0 Å². The van der Waals surface area contributed by atoms with E-state index < -0.39 is 0 Å². The van der Waals surface area contributed by atoms with Gasteiger partial charge in [0, 0.05) is 31.5 Å². The van der Waals surface area contributed by atoms with E-state index in [0.29, 0.717) is 19.4 Å². The number of carbonyl (C=O) groups is 1. The van der Waals surface area contributed by atoms with Gasteiger partial charge >= 0.3 is 0 Å². The van der Waals surface area contributed by atoms with Crippen molar-refractivity contribution in [3.8, 4) is 11.5 Å². The molecule has 1 aliphatic rings. The van der Waals surface area contributed by atoms with Crippen LogP contribution in [0.3, 0.4) is 0 Å². The molecule has 30 heavy (non-hydrogen) atoms. The molecule has 0 amide bonds. The van der Waals surface area contributed by atoms with E-state index in [-0.39, 0.29) is 24.5 Å². The average Bonchev–Trinajstić information content (AvgIpc) is 3.16. The number of aryl methyl sites for hydroxylation is 1. The summed E-state index contributed by atoms with van der Waals surface area (Å²) in [4.78, 5) is 13.7. The van der Waals surface area contributed by atoms with E-state index in [1.165, 1.54) is 5.69 Å². The van der Waals surface area contributed by atoms with Gasteiger partial charge in [-0.15, -0.1) is 0 Å². The predicted molar refractivity (Wildman–Crippen MR) is 119 cm³/mol. The van der Waals surface area contributed by atoms with Crippen LogP contribution in [0.2, 0.25) is 0 Å². The molecule has 0 bridgehead atoms. The fraction of sp³-hybridized carbons (Fsp3) is 0.480. The van der Waals surface area contributed by atoms with Crippen LogP contribution >= 0.6 is 0 Å². The quantitative estimate of drug-likeness (QED) is 0.484. The molecule has 1 aliphatic heterocycles. The Balaban J connectivity index is 1.55. The average molecular weight is 414 g/mol. The molecule has 1 saturated heterocycles. The highest BCUT2D eigenvalue weighted by molar-refractivity contribution is 5.76. The summed E-state index contributed by atoms with van der Waals surface area (Å²) in [6, 6.07) is 14.2. The van der Waals surface area contributed by atoms with Gasteiger partial charge in [-0.3, -0.25) is 4.39 Å². The number of halogens is 1. The number of anilines is 1. The summed E-state index contributed by atoms with van der Waals surface area (Å²) >= 11 is 0. The Kier molecular flexibility index (Phi) is 7.72. The van der Waals surface area contributed by atoms with Crippen molar-refractivity contribution in [2.75, 3.05) is 31.3 Å². The number of rotatable bonds is 10. The van der Waals surface area contributed by atoms with Crippen LogP contribution in [-0.2, 0) is 4.79 Å². The molecular weight excluding hydrogens is 381 g/mol. The maximum atomic E-state index is 12.2. The number of benzene rings is 2. The SMILES string of the molecule is CC(=O)C[C@@H](C)c1ccc(OC2CCN(c3ccc(OCCCF)cc3C)C2)cc1. The number of ether oxygens (including phenoxy) is 2. The fourth-order valence-corrected chi connectivity index (χ4v) is 3.98. The second kappa shape index (κ2) is 10.5. The summed E-state index contributed by atoms with van der Waals surface area (Å²) in [5.41, 5.74) is 3.50. The van der Waals surface area contributed by atoms with Crippen molar-refractivity contribution in [3.63, 3.8) is 0 Å². The van der Waals surface area contributed by atoms with Crippen LogP contribution in [0.5, 0.6) is 11.5 Å². The smallest absolute Gasteiger partial charge is 0.130 e. The van der Waals surface area contributed by atoms with Crippen LogP contribution in [0.4, 0.5) is 10.1 Å². The number of hydrogen-bond donors (Lipinski definition) is 0. The number of alkyl halides is 1. The highest BCUT2D eigenvalue weighted by Gasteiger charge is 2.25. The van der Waals surface area contributed by atoms with Crippen LogP contribution in [0.1, 0.15) is 50.2 Å². The monoisotopic (exact) mass is 413 g/mol. The lowest BCUT2D eigenvalue weighted by Gasteiger charge is -2.22. The van der Waals surface area contributed by atoms with Crippen LogP contribution in [0.15, 0.2) is 42.5 Å². The third-order valence-electron chi connectivity index (χ3n) is 5.55. The maximum Gasteiger partial charge on any atom is 0.130 e. The Hall–Kier alpha value is -2.56. The first-order valence-corrected chi connectivity index (χ1v) is 10.8. The molecule has 2 aromatic carbocycles. The summed E-state index contributed by atoms with van der Waals surface area (Å²) in [5.74, 6) is 2.10. The summed E-state index contributed by atoms with van der Waals surface area (Å²) in [7, 11) is 0. The van der Waals surface area contributed by atoms with Crippen LogP contribution < -0.4 is 14.4 Å². The largest absolute Gasteiger partial charge is 0.493 e. The summed E-state index contributed by atoms with van der Waals surface area (Å²) < 4.78 is 24.0. The molecule has 0 radical (unpaired) electrons. The fourth-order valence-electron chi connectivity index (χ4n) is 3.98.